The minimum Gasteiger partial charge on any atom is -0.426 e. The second-order valence-electron chi connectivity index (χ2n) is 7.41. The van der Waals surface area contributed by atoms with Gasteiger partial charge in [-0.1, -0.05) is 0 Å². The summed E-state index contributed by atoms with van der Waals surface area (Å²) < 4.78 is 165. The molecule has 2 aromatic rings. The average molecular weight is 536 g/mol. The SMILES string of the molecule is N#Cc1ccc(N2CC(c3cc(C(F)(F)F)cc(C(F)(F)F)c3)(C(F)(F)F)OC2=O)cc1C(F)(F)F. The van der Waals surface area contributed by atoms with Gasteiger partial charge in [0.1, 0.15) is 0 Å². The van der Waals surface area contributed by atoms with Crippen LogP contribution in [0.15, 0.2) is 36.4 Å². The molecule has 0 aliphatic carbocycles. The van der Waals surface area contributed by atoms with Crippen molar-refractivity contribution in [1.29, 1.82) is 5.26 Å². The van der Waals surface area contributed by atoms with E-state index in [4.69, 9.17) is 5.26 Å². The van der Waals surface area contributed by atoms with Crippen molar-refractivity contribution in [2.24, 2.45) is 0 Å². The number of amides is 1. The quantitative estimate of drug-likeness (QED) is 0.388. The highest BCUT2D eigenvalue weighted by molar-refractivity contribution is 5.91. The number of rotatable bonds is 2. The Bertz CT molecular complexity index is 1210. The number of nitrogens with zero attached hydrogens (tertiary/aromatic N) is 2. The molecule has 4 nitrogen and oxygen atoms in total. The van der Waals surface area contributed by atoms with E-state index in [1.165, 1.54) is 6.07 Å². The Morgan fingerprint density at radius 3 is 1.75 bits per heavy atom. The van der Waals surface area contributed by atoms with Gasteiger partial charge in [0.05, 0.1) is 34.9 Å². The molecule has 16 heteroatoms. The Balaban J connectivity index is 2.23. The van der Waals surface area contributed by atoms with Crippen molar-refractivity contribution in [2.75, 3.05) is 11.4 Å². The van der Waals surface area contributed by atoms with Crippen LogP contribution in [0.25, 0.3) is 0 Å². The molecule has 1 amide bonds. The number of hydrogen-bond donors (Lipinski definition) is 0. The fourth-order valence-corrected chi connectivity index (χ4v) is 3.40. The van der Waals surface area contributed by atoms with E-state index >= 15 is 0 Å². The molecule has 0 saturated carbocycles. The van der Waals surface area contributed by atoms with Crippen molar-refractivity contribution in [2.45, 2.75) is 30.3 Å². The molecule has 1 heterocycles. The molecule has 0 N–H and O–H groups in total. The lowest BCUT2D eigenvalue weighted by Gasteiger charge is -2.31. The number of hydrogen-bond acceptors (Lipinski definition) is 3. The molecule has 1 aliphatic rings. The summed E-state index contributed by atoms with van der Waals surface area (Å²) in [6, 6.07) is 1.44. The number of halogens is 12. The third-order valence-electron chi connectivity index (χ3n) is 5.12. The standard InChI is InChI=1S/C20H8F12N2O2/c21-17(22,23)11-3-10(4-12(5-11)18(24,25)26)16(20(30,31)32)8-34(15(35)36-16)13-2-1-9(7-33)14(6-13)19(27,28)29/h1-6H,8H2. The first-order chi connectivity index (χ1) is 16.2. The number of cyclic esters (lactones) is 1. The average Bonchev–Trinajstić information content (AvgIpc) is 3.09. The summed E-state index contributed by atoms with van der Waals surface area (Å²) in [5, 5.41) is 8.82. The molecule has 0 bridgehead atoms. The Morgan fingerprint density at radius 1 is 0.806 bits per heavy atom. The summed E-state index contributed by atoms with van der Waals surface area (Å²) in [5.41, 5.74) is -13.7. The number of nitriles is 1. The molecule has 36 heavy (non-hydrogen) atoms. The smallest absolute Gasteiger partial charge is 0.426 e. The van der Waals surface area contributed by atoms with Gasteiger partial charge in [-0.3, -0.25) is 4.90 Å². The summed E-state index contributed by atoms with van der Waals surface area (Å²) >= 11 is 0. The Labute approximate surface area is 192 Å². The second kappa shape index (κ2) is 8.20. The molecule has 0 radical (unpaired) electrons. The van der Waals surface area contributed by atoms with Gasteiger partial charge >= 0.3 is 30.8 Å². The highest BCUT2D eigenvalue weighted by atomic mass is 19.4. The molecule has 1 aliphatic heterocycles. The maximum atomic E-state index is 14.1. The molecule has 0 aromatic heterocycles. The van der Waals surface area contributed by atoms with E-state index < -0.39 is 82.5 Å². The normalized spacial score (nSPS) is 19.3. The summed E-state index contributed by atoms with van der Waals surface area (Å²) in [4.78, 5) is 12.3. The van der Waals surface area contributed by atoms with Gasteiger partial charge < -0.3 is 4.74 Å². The van der Waals surface area contributed by atoms with Gasteiger partial charge in [0.25, 0.3) is 5.60 Å². The first kappa shape index (κ1) is 27.0. The van der Waals surface area contributed by atoms with Crippen LogP contribution in [0.5, 0.6) is 0 Å². The zero-order valence-corrected chi connectivity index (χ0v) is 16.9. The van der Waals surface area contributed by atoms with E-state index in [0.29, 0.717) is 12.1 Å². The van der Waals surface area contributed by atoms with Crippen LogP contribution < -0.4 is 4.90 Å². The van der Waals surface area contributed by atoms with Crippen molar-refractivity contribution in [3.8, 4) is 6.07 Å². The highest BCUT2D eigenvalue weighted by Gasteiger charge is 2.65. The molecular formula is C20H8F12N2O2. The van der Waals surface area contributed by atoms with Crippen LogP contribution in [0.3, 0.4) is 0 Å². The number of carbonyl (C=O) groups excluding carboxylic acids is 1. The fraction of sp³-hybridized carbons (Fsp3) is 0.300. The van der Waals surface area contributed by atoms with Crippen LogP contribution in [-0.4, -0.2) is 18.8 Å². The zero-order chi connectivity index (χ0) is 27.5. The monoisotopic (exact) mass is 536 g/mol. The number of alkyl halides is 12. The Morgan fingerprint density at radius 2 is 1.33 bits per heavy atom. The van der Waals surface area contributed by atoms with Crippen molar-refractivity contribution in [3.05, 3.63) is 64.2 Å². The van der Waals surface area contributed by atoms with Crippen LogP contribution in [0, 0.1) is 11.3 Å². The van der Waals surface area contributed by atoms with Gasteiger partial charge in [-0.15, -0.1) is 0 Å². The van der Waals surface area contributed by atoms with Crippen LogP contribution in [0.2, 0.25) is 0 Å². The minimum atomic E-state index is -5.82. The van der Waals surface area contributed by atoms with E-state index in [0.717, 1.165) is 0 Å². The van der Waals surface area contributed by atoms with Crippen molar-refractivity contribution in [3.63, 3.8) is 0 Å². The predicted molar refractivity (Wildman–Crippen MR) is 94.2 cm³/mol. The lowest BCUT2D eigenvalue weighted by molar-refractivity contribution is -0.250. The zero-order valence-electron chi connectivity index (χ0n) is 16.9. The summed E-state index contributed by atoms with van der Waals surface area (Å²) in [5.74, 6) is 0. The van der Waals surface area contributed by atoms with E-state index in [1.807, 2.05) is 0 Å². The summed E-state index contributed by atoms with van der Waals surface area (Å²) in [6.07, 6.45) is -24.1. The van der Waals surface area contributed by atoms with Gasteiger partial charge in [0.2, 0.25) is 0 Å². The molecule has 1 fully saturated rings. The predicted octanol–water partition coefficient (Wildman–Crippen LogP) is 7.03. The molecule has 194 valence electrons. The number of benzene rings is 2. The lowest BCUT2D eigenvalue weighted by Crippen LogP contribution is -2.46. The third kappa shape index (κ3) is 4.73. The topological polar surface area (TPSA) is 53.3 Å². The van der Waals surface area contributed by atoms with Crippen molar-refractivity contribution >= 4 is 11.8 Å². The van der Waals surface area contributed by atoms with Crippen LogP contribution >= 0.6 is 0 Å². The van der Waals surface area contributed by atoms with Crippen LogP contribution in [0.4, 0.5) is 63.2 Å². The number of anilines is 1. The number of carbonyl (C=O) groups is 1. The molecule has 3 rings (SSSR count). The highest BCUT2D eigenvalue weighted by Crippen LogP contribution is 2.50. The van der Waals surface area contributed by atoms with E-state index in [2.05, 4.69) is 4.74 Å². The van der Waals surface area contributed by atoms with Gasteiger partial charge in [-0.05, 0) is 36.4 Å². The summed E-state index contributed by atoms with van der Waals surface area (Å²) in [6.45, 7) is -1.82. The fourth-order valence-electron chi connectivity index (χ4n) is 3.40. The summed E-state index contributed by atoms with van der Waals surface area (Å²) in [7, 11) is 0. The molecule has 1 atom stereocenters. The molecule has 1 saturated heterocycles. The van der Waals surface area contributed by atoms with Gasteiger partial charge in [-0.25, -0.2) is 4.79 Å². The lowest BCUT2D eigenvalue weighted by atomic mass is 9.89. The van der Waals surface area contributed by atoms with E-state index in [-0.39, 0.29) is 23.1 Å². The molecule has 0 spiro atoms. The molecular weight excluding hydrogens is 528 g/mol. The maximum Gasteiger partial charge on any atom is 0.434 e. The van der Waals surface area contributed by atoms with Crippen LogP contribution in [0.1, 0.15) is 27.8 Å². The van der Waals surface area contributed by atoms with E-state index in [9.17, 15) is 57.5 Å². The van der Waals surface area contributed by atoms with E-state index in [1.54, 1.807) is 0 Å². The van der Waals surface area contributed by atoms with Crippen LogP contribution in [-0.2, 0) is 28.9 Å². The third-order valence-corrected chi connectivity index (χ3v) is 5.12. The first-order valence-corrected chi connectivity index (χ1v) is 9.19. The van der Waals surface area contributed by atoms with Gasteiger partial charge in [0.15, 0.2) is 0 Å². The van der Waals surface area contributed by atoms with Gasteiger partial charge in [-0.2, -0.15) is 57.9 Å². The first-order valence-electron chi connectivity index (χ1n) is 9.19. The van der Waals surface area contributed by atoms with Gasteiger partial charge in [0, 0.05) is 11.3 Å². The molecule has 1 unspecified atom stereocenters. The molecule has 2 aromatic carbocycles. The van der Waals surface area contributed by atoms with Crippen molar-refractivity contribution in [1.82, 2.24) is 0 Å². The second-order valence-corrected chi connectivity index (χ2v) is 7.41. The minimum absolute atomic E-state index is 0.0442. The largest absolute Gasteiger partial charge is 0.434 e. The maximum absolute atomic E-state index is 14.1. The van der Waals surface area contributed by atoms with Crippen molar-refractivity contribution < 1.29 is 62.2 Å². The number of ether oxygens (including phenoxy) is 1. The Hall–Kier alpha value is -3.64. The Kier molecular flexibility index (Phi) is 6.14.